The van der Waals surface area contributed by atoms with Crippen LogP contribution in [0.4, 0.5) is 0 Å². The molecule has 24 heavy (non-hydrogen) atoms. The first-order valence-electron chi connectivity index (χ1n) is 10.6. The SMILES string of the molecule is C=C(CC)N(C)CC1CCC(N(C)CCCCCC(C)CC)CC1. The van der Waals surface area contributed by atoms with Crippen molar-refractivity contribution in [2.75, 3.05) is 27.2 Å². The van der Waals surface area contributed by atoms with E-state index < -0.39 is 0 Å². The summed E-state index contributed by atoms with van der Waals surface area (Å²) in [7, 11) is 4.56. The Morgan fingerprint density at radius 2 is 1.71 bits per heavy atom. The van der Waals surface area contributed by atoms with E-state index in [2.05, 4.69) is 51.2 Å². The maximum atomic E-state index is 4.16. The minimum absolute atomic E-state index is 0.829. The normalized spacial score (nSPS) is 22.6. The molecule has 1 rings (SSSR count). The number of hydrogen-bond donors (Lipinski definition) is 0. The number of rotatable bonds is 12. The Kier molecular flexibility index (Phi) is 10.7. The second kappa shape index (κ2) is 12.0. The highest BCUT2D eigenvalue weighted by atomic mass is 15.1. The summed E-state index contributed by atoms with van der Waals surface area (Å²) < 4.78 is 0. The van der Waals surface area contributed by atoms with E-state index in [4.69, 9.17) is 0 Å². The van der Waals surface area contributed by atoms with Gasteiger partial charge in [0.05, 0.1) is 0 Å². The predicted octanol–water partition coefficient (Wildman–Crippen LogP) is 5.94. The van der Waals surface area contributed by atoms with Crippen LogP contribution in [0.3, 0.4) is 0 Å². The lowest BCUT2D eigenvalue weighted by atomic mass is 9.85. The molecular weight excluding hydrogens is 292 g/mol. The van der Waals surface area contributed by atoms with Gasteiger partial charge in [0.2, 0.25) is 0 Å². The zero-order chi connectivity index (χ0) is 17.9. The number of allylic oxidation sites excluding steroid dienone is 1. The molecule has 0 spiro atoms. The maximum absolute atomic E-state index is 4.16. The molecule has 1 fully saturated rings. The molecule has 142 valence electrons. The molecule has 0 aromatic rings. The first-order valence-corrected chi connectivity index (χ1v) is 10.6. The van der Waals surface area contributed by atoms with Crippen LogP contribution < -0.4 is 0 Å². The monoisotopic (exact) mass is 336 g/mol. The van der Waals surface area contributed by atoms with E-state index in [9.17, 15) is 0 Å². The third-order valence-electron chi connectivity index (χ3n) is 6.32. The second-order valence-corrected chi connectivity index (χ2v) is 8.32. The third kappa shape index (κ3) is 8.05. The van der Waals surface area contributed by atoms with Gasteiger partial charge in [-0.2, -0.15) is 0 Å². The summed E-state index contributed by atoms with van der Waals surface area (Å²) in [5.41, 5.74) is 1.28. The van der Waals surface area contributed by atoms with E-state index in [1.54, 1.807) is 0 Å². The van der Waals surface area contributed by atoms with Gasteiger partial charge >= 0.3 is 0 Å². The topological polar surface area (TPSA) is 6.48 Å². The van der Waals surface area contributed by atoms with E-state index >= 15 is 0 Å². The molecule has 0 heterocycles. The van der Waals surface area contributed by atoms with Crippen molar-refractivity contribution in [1.29, 1.82) is 0 Å². The summed E-state index contributed by atoms with van der Waals surface area (Å²) in [6.07, 6.45) is 13.6. The van der Waals surface area contributed by atoms with Crippen LogP contribution in [0.1, 0.15) is 85.0 Å². The van der Waals surface area contributed by atoms with Gasteiger partial charge in [0.25, 0.3) is 0 Å². The first-order chi connectivity index (χ1) is 11.5. The highest BCUT2D eigenvalue weighted by Gasteiger charge is 2.24. The fourth-order valence-corrected chi connectivity index (χ4v) is 3.97. The Balaban J connectivity index is 2.14. The lowest BCUT2D eigenvalue weighted by Gasteiger charge is -2.36. The molecule has 0 aliphatic heterocycles. The van der Waals surface area contributed by atoms with Crippen LogP contribution in [0, 0.1) is 11.8 Å². The summed E-state index contributed by atoms with van der Waals surface area (Å²) in [4.78, 5) is 5.03. The average molecular weight is 337 g/mol. The van der Waals surface area contributed by atoms with Crippen molar-refractivity contribution < 1.29 is 0 Å². The van der Waals surface area contributed by atoms with Crippen LogP contribution in [0.15, 0.2) is 12.3 Å². The van der Waals surface area contributed by atoms with Gasteiger partial charge in [0.15, 0.2) is 0 Å². The largest absolute Gasteiger partial charge is 0.378 e. The van der Waals surface area contributed by atoms with Crippen molar-refractivity contribution in [2.45, 2.75) is 91.0 Å². The van der Waals surface area contributed by atoms with E-state index in [1.165, 1.54) is 76.6 Å². The van der Waals surface area contributed by atoms with E-state index in [1.807, 2.05) is 0 Å². The van der Waals surface area contributed by atoms with Crippen molar-refractivity contribution in [1.82, 2.24) is 9.80 Å². The van der Waals surface area contributed by atoms with Crippen molar-refractivity contribution in [3.8, 4) is 0 Å². The molecule has 1 unspecified atom stereocenters. The standard InChI is InChI=1S/C22H44N2/c1-7-19(3)12-10-9-11-17-23(5)22-15-13-21(14-16-22)18-24(6)20(4)8-2/h19,21-22H,4,7-18H2,1-3,5-6H3. The Morgan fingerprint density at radius 1 is 1.04 bits per heavy atom. The van der Waals surface area contributed by atoms with Gasteiger partial charge in [-0.1, -0.05) is 53.0 Å². The molecule has 0 saturated heterocycles. The quantitative estimate of drug-likeness (QED) is 0.407. The lowest BCUT2D eigenvalue weighted by Crippen LogP contribution is -2.37. The molecule has 0 N–H and O–H groups in total. The van der Waals surface area contributed by atoms with Crippen molar-refractivity contribution in [2.24, 2.45) is 11.8 Å². The lowest BCUT2D eigenvalue weighted by molar-refractivity contribution is 0.150. The number of unbranched alkanes of at least 4 members (excludes halogenated alkanes) is 2. The van der Waals surface area contributed by atoms with Gasteiger partial charge in [0.1, 0.15) is 0 Å². The van der Waals surface area contributed by atoms with Gasteiger partial charge < -0.3 is 9.80 Å². The highest BCUT2D eigenvalue weighted by molar-refractivity contribution is 4.92. The fraction of sp³-hybridized carbons (Fsp3) is 0.909. The number of nitrogens with zero attached hydrogens (tertiary/aromatic N) is 2. The van der Waals surface area contributed by atoms with Crippen LogP contribution in [-0.2, 0) is 0 Å². The Morgan fingerprint density at radius 3 is 2.29 bits per heavy atom. The molecule has 0 amide bonds. The molecule has 0 radical (unpaired) electrons. The Bertz CT molecular complexity index is 331. The molecule has 1 saturated carbocycles. The van der Waals surface area contributed by atoms with E-state index in [0.29, 0.717) is 0 Å². The molecule has 0 bridgehead atoms. The van der Waals surface area contributed by atoms with Crippen LogP contribution in [0.5, 0.6) is 0 Å². The molecule has 2 nitrogen and oxygen atoms in total. The number of hydrogen-bond acceptors (Lipinski definition) is 2. The van der Waals surface area contributed by atoms with Crippen LogP contribution in [0.25, 0.3) is 0 Å². The zero-order valence-corrected chi connectivity index (χ0v) is 17.3. The summed E-state index contributed by atoms with van der Waals surface area (Å²) in [5.74, 6) is 1.79. The molecule has 1 atom stereocenters. The maximum Gasteiger partial charge on any atom is 0.0199 e. The van der Waals surface area contributed by atoms with Crippen LogP contribution in [-0.4, -0.2) is 43.0 Å². The molecule has 1 aliphatic rings. The van der Waals surface area contributed by atoms with Crippen LogP contribution >= 0.6 is 0 Å². The minimum atomic E-state index is 0.829. The van der Waals surface area contributed by atoms with Crippen LogP contribution in [0.2, 0.25) is 0 Å². The van der Waals surface area contributed by atoms with E-state index in [0.717, 1.165) is 24.3 Å². The molecule has 1 aliphatic carbocycles. The van der Waals surface area contributed by atoms with E-state index in [-0.39, 0.29) is 0 Å². The Hall–Kier alpha value is -0.500. The smallest absolute Gasteiger partial charge is 0.0199 e. The molecular formula is C22H44N2. The van der Waals surface area contributed by atoms with Gasteiger partial charge in [-0.25, -0.2) is 0 Å². The van der Waals surface area contributed by atoms with Gasteiger partial charge in [-0.15, -0.1) is 0 Å². The van der Waals surface area contributed by atoms with Gasteiger partial charge in [-0.3, -0.25) is 0 Å². The first kappa shape index (κ1) is 21.5. The minimum Gasteiger partial charge on any atom is -0.378 e. The molecule has 0 aromatic carbocycles. The highest BCUT2D eigenvalue weighted by Crippen LogP contribution is 2.28. The van der Waals surface area contributed by atoms with Gasteiger partial charge in [0, 0.05) is 25.3 Å². The summed E-state index contributed by atoms with van der Waals surface area (Å²) in [6, 6.07) is 0.829. The zero-order valence-electron chi connectivity index (χ0n) is 17.3. The molecule has 0 aromatic heterocycles. The summed E-state index contributed by atoms with van der Waals surface area (Å²) >= 11 is 0. The fourth-order valence-electron chi connectivity index (χ4n) is 3.97. The molecule has 2 heteroatoms. The van der Waals surface area contributed by atoms with Crippen molar-refractivity contribution >= 4 is 0 Å². The second-order valence-electron chi connectivity index (χ2n) is 8.32. The summed E-state index contributed by atoms with van der Waals surface area (Å²) in [6.45, 7) is 13.6. The third-order valence-corrected chi connectivity index (χ3v) is 6.32. The summed E-state index contributed by atoms with van der Waals surface area (Å²) in [5, 5.41) is 0. The average Bonchev–Trinajstić information content (AvgIpc) is 2.60. The van der Waals surface area contributed by atoms with Crippen molar-refractivity contribution in [3.63, 3.8) is 0 Å². The van der Waals surface area contributed by atoms with Gasteiger partial charge in [-0.05, 0) is 64.0 Å². The van der Waals surface area contributed by atoms with Crippen molar-refractivity contribution in [3.05, 3.63) is 12.3 Å². The Labute approximate surface area is 152 Å². The predicted molar refractivity (Wildman–Crippen MR) is 108 cm³/mol.